The summed E-state index contributed by atoms with van der Waals surface area (Å²) in [6.07, 6.45) is 0. The summed E-state index contributed by atoms with van der Waals surface area (Å²) in [5.41, 5.74) is 1.06. The van der Waals surface area contributed by atoms with Crippen molar-refractivity contribution in [3.63, 3.8) is 0 Å². The third-order valence-electron chi connectivity index (χ3n) is 2.73. The molecule has 2 amide bonds. The Hall–Kier alpha value is -2.37. The molecule has 0 fully saturated rings. The van der Waals surface area contributed by atoms with Crippen LogP contribution in [-0.4, -0.2) is 40.4 Å². The van der Waals surface area contributed by atoms with E-state index in [1.54, 1.807) is 38.1 Å². The van der Waals surface area contributed by atoms with Gasteiger partial charge in [0, 0.05) is 17.3 Å². The second-order valence-corrected chi connectivity index (χ2v) is 4.68. The van der Waals surface area contributed by atoms with Gasteiger partial charge in [-0.15, -0.1) is 0 Å². The number of aliphatic carboxylic acids is 1. The van der Waals surface area contributed by atoms with Crippen LogP contribution in [0.25, 0.3) is 0 Å². The number of benzene rings is 1. The Morgan fingerprint density at radius 3 is 2.15 bits per heavy atom. The van der Waals surface area contributed by atoms with Gasteiger partial charge in [-0.3, -0.25) is 9.59 Å². The van der Waals surface area contributed by atoms with Crippen LogP contribution in [0.15, 0.2) is 24.3 Å². The number of carbonyl (C=O) groups excluding carboxylic acids is 2. The van der Waals surface area contributed by atoms with E-state index in [1.807, 2.05) is 0 Å². The molecule has 1 aromatic rings. The first-order chi connectivity index (χ1) is 9.31. The fraction of sp³-hybridized carbons (Fsp3) is 0.357. The van der Waals surface area contributed by atoms with Gasteiger partial charge in [-0.1, -0.05) is 0 Å². The minimum atomic E-state index is -1.07. The molecule has 0 spiro atoms. The van der Waals surface area contributed by atoms with Crippen molar-refractivity contribution in [3.05, 3.63) is 29.8 Å². The van der Waals surface area contributed by atoms with E-state index in [2.05, 4.69) is 5.32 Å². The molecule has 6 nitrogen and oxygen atoms in total. The molecule has 1 aromatic carbocycles. The summed E-state index contributed by atoms with van der Waals surface area (Å²) in [4.78, 5) is 35.1. The van der Waals surface area contributed by atoms with E-state index >= 15 is 0 Å². The molecular weight excluding hydrogens is 260 g/mol. The Morgan fingerprint density at radius 2 is 1.75 bits per heavy atom. The molecule has 6 heteroatoms. The number of carbonyl (C=O) groups is 3. The minimum absolute atomic E-state index is 0.0578. The predicted molar refractivity (Wildman–Crippen MR) is 74.9 cm³/mol. The van der Waals surface area contributed by atoms with Gasteiger partial charge in [0.1, 0.15) is 6.54 Å². The molecule has 0 aromatic heterocycles. The molecule has 0 unspecified atom stereocenters. The quantitative estimate of drug-likeness (QED) is 0.808. The van der Waals surface area contributed by atoms with Crippen molar-refractivity contribution in [2.75, 3.05) is 11.9 Å². The van der Waals surface area contributed by atoms with Gasteiger partial charge >= 0.3 is 12.0 Å². The van der Waals surface area contributed by atoms with E-state index in [9.17, 15) is 14.4 Å². The number of rotatable bonds is 5. The van der Waals surface area contributed by atoms with Crippen LogP contribution in [-0.2, 0) is 4.79 Å². The van der Waals surface area contributed by atoms with Gasteiger partial charge in [0.05, 0.1) is 0 Å². The Bertz CT molecular complexity index is 508. The largest absolute Gasteiger partial charge is 0.480 e. The maximum Gasteiger partial charge on any atom is 0.323 e. The predicted octanol–water partition coefficient (Wildman–Crippen LogP) is 2.22. The Kier molecular flexibility index (Phi) is 5.25. The molecule has 20 heavy (non-hydrogen) atoms. The zero-order valence-corrected chi connectivity index (χ0v) is 11.7. The summed E-state index contributed by atoms with van der Waals surface area (Å²) in [5.74, 6) is -1.13. The van der Waals surface area contributed by atoms with Crippen molar-refractivity contribution in [1.29, 1.82) is 0 Å². The lowest BCUT2D eigenvalue weighted by Gasteiger charge is -2.25. The van der Waals surface area contributed by atoms with E-state index in [4.69, 9.17) is 5.11 Å². The van der Waals surface area contributed by atoms with Crippen molar-refractivity contribution in [1.82, 2.24) is 4.90 Å². The molecular formula is C14H18N2O4. The zero-order chi connectivity index (χ0) is 15.3. The molecule has 0 saturated heterocycles. The Balaban J connectivity index is 2.77. The van der Waals surface area contributed by atoms with Crippen LogP contribution < -0.4 is 5.32 Å². The van der Waals surface area contributed by atoms with Gasteiger partial charge in [0.25, 0.3) is 0 Å². The number of ketones is 1. The van der Waals surface area contributed by atoms with Crippen molar-refractivity contribution < 1.29 is 19.5 Å². The standard InChI is InChI=1S/C14H18N2O4/c1-9(2)16(8-13(18)19)14(20)15-12-6-4-11(5-7-12)10(3)17/h4-7,9H,8H2,1-3H3,(H,15,20)(H,18,19). The topological polar surface area (TPSA) is 86.7 Å². The Labute approximate surface area is 117 Å². The number of amides is 2. The molecule has 0 bridgehead atoms. The van der Waals surface area contributed by atoms with Gasteiger partial charge < -0.3 is 15.3 Å². The molecule has 108 valence electrons. The third-order valence-corrected chi connectivity index (χ3v) is 2.73. The van der Waals surface area contributed by atoms with Crippen molar-refractivity contribution in [2.45, 2.75) is 26.8 Å². The molecule has 1 rings (SSSR count). The zero-order valence-electron chi connectivity index (χ0n) is 11.7. The van der Waals surface area contributed by atoms with Crippen LogP contribution >= 0.6 is 0 Å². The highest BCUT2D eigenvalue weighted by Crippen LogP contribution is 2.11. The van der Waals surface area contributed by atoms with Crippen molar-refractivity contribution in [3.8, 4) is 0 Å². The van der Waals surface area contributed by atoms with E-state index in [1.165, 1.54) is 11.8 Å². The third kappa shape index (κ3) is 4.38. The number of carboxylic acid groups (broad SMARTS) is 1. The highest BCUT2D eigenvalue weighted by molar-refractivity contribution is 5.95. The molecule has 0 aliphatic carbocycles. The lowest BCUT2D eigenvalue weighted by Crippen LogP contribution is -2.43. The maximum atomic E-state index is 12.0. The minimum Gasteiger partial charge on any atom is -0.480 e. The molecule has 2 N–H and O–H groups in total. The summed E-state index contributed by atoms with van der Waals surface area (Å²) in [7, 11) is 0. The number of nitrogens with one attached hydrogen (secondary N) is 1. The average molecular weight is 278 g/mol. The van der Waals surface area contributed by atoms with Gasteiger partial charge in [-0.2, -0.15) is 0 Å². The number of urea groups is 1. The van der Waals surface area contributed by atoms with Gasteiger partial charge in [-0.05, 0) is 45.0 Å². The summed E-state index contributed by atoms with van der Waals surface area (Å²) >= 11 is 0. The van der Waals surface area contributed by atoms with Gasteiger partial charge in [-0.25, -0.2) is 4.79 Å². The molecule has 0 aliphatic rings. The van der Waals surface area contributed by atoms with Crippen LogP contribution in [0.2, 0.25) is 0 Å². The number of nitrogens with zero attached hydrogens (tertiary/aromatic N) is 1. The molecule has 0 heterocycles. The van der Waals surface area contributed by atoms with Crippen LogP contribution in [0, 0.1) is 0 Å². The number of Topliss-reactive ketones (excluding diaryl/α,β-unsaturated/α-hetero) is 1. The van der Waals surface area contributed by atoms with E-state index in [0.717, 1.165) is 0 Å². The first-order valence-corrected chi connectivity index (χ1v) is 6.21. The van der Waals surface area contributed by atoms with Crippen LogP contribution in [0.3, 0.4) is 0 Å². The summed E-state index contributed by atoms with van der Waals surface area (Å²) in [5, 5.41) is 11.4. The van der Waals surface area contributed by atoms with E-state index < -0.39 is 12.0 Å². The first kappa shape index (κ1) is 15.7. The first-order valence-electron chi connectivity index (χ1n) is 6.21. The van der Waals surface area contributed by atoms with Crippen molar-refractivity contribution >= 4 is 23.5 Å². The summed E-state index contributed by atoms with van der Waals surface area (Å²) in [6, 6.07) is 5.70. The molecule has 0 atom stereocenters. The maximum absolute atomic E-state index is 12.0. The van der Waals surface area contributed by atoms with Crippen LogP contribution in [0.5, 0.6) is 0 Å². The number of anilines is 1. The van der Waals surface area contributed by atoms with E-state index in [0.29, 0.717) is 11.3 Å². The highest BCUT2D eigenvalue weighted by atomic mass is 16.4. The summed E-state index contributed by atoms with van der Waals surface area (Å²) < 4.78 is 0. The lowest BCUT2D eigenvalue weighted by molar-refractivity contribution is -0.137. The fourth-order valence-electron chi connectivity index (χ4n) is 1.62. The average Bonchev–Trinajstić information content (AvgIpc) is 2.35. The van der Waals surface area contributed by atoms with Crippen molar-refractivity contribution in [2.24, 2.45) is 0 Å². The molecule has 0 aliphatic heterocycles. The summed E-state index contributed by atoms with van der Waals surface area (Å²) in [6.45, 7) is 4.57. The number of hydrogen-bond donors (Lipinski definition) is 2. The monoisotopic (exact) mass is 278 g/mol. The molecule has 0 saturated carbocycles. The SMILES string of the molecule is CC(=O)c1ccc(NC(=O)N(CC(=O)O)C(C)C)cc1. The lowest BCUT2D eigenvalue weighted by atomic mass is 10.1. The number of hydrogen-bond acceptors (Lipinski definition) is 3. The highest BCUT2D eigenvalue weighted by Gasteiger charge is 2.19. The van der Waals surface area contributed by atoms with Gasteiger partial charge in [0.2, 0.25) is 0 Å². The van der Waals surface area contributed by atoms with Crippen LogP contribution in [0.4, 0.5) is 10.5 Å². The van der Waals surface area contributed by atoms with Gasteiger partial charge in [0.15, 0.2) is 5.78 Å². The van der Waals surface area contributed by atoms with E-state index in [-0.39, 0.29) is 18.4 Å². The smallest absolute Gasteiger partial charge is 0.323 e. The Morgan fingerprint density at radius 1 is 1.20 bits per heavy atom. The second kappa shape index (κ2) is 6.70. The normalized spacial score (nSPS) is 10.2. The number of carboxylic acids is 1. The van der Waals surface area contributed by atoms with Crippen LogP contribution in [0.1, 0.15) is 31.1 Å². The second-order valence-electron chi connectivity index (χ2n) is 4.68. The fourth-order valence-corrected chi connectivity index (χ4v) is 1.62. The molecule has 0 radical (unpaired) electrons.